The van der Waals surface area contributed by atoms with Crippen molar-refractivity contribution in [2.45, 2.75) is 18.9 Å². The van der Waals surface area contributed by atoms with Gasteiger partial charge in [-0.15, -0.1) is 0 Å². The molecule has 1 amide bonds. The van der Waals surface area contributed by atoms with E-state index in [-0.39, 0.29) is 12.5 Å². The summed E-state index contributed by atoms with van der Waals surface area (Å²) in [7, 11) is 2.09. The molecule has 1 rings (SSSR count). The Morgan fingerprint density at radius 3 is 3.00 bits per heavy atom. The largest absolute Gasteiger partial charge is 0.353 e. The lowest BCUT2D eigenvalue weighted by atomic mass is 10.2. The van der Waals surface area contributed by atoms with Crippen molar-refractivity contribution in [1.29, 1.82) is 0 Å². The fourth-order valence-electron chi connectivity index (χ4n) is 1.54. The Labute approximate surface area is 73.1 Å². The number of hydrogen-bond acceptors (Lipinski definition) is 3. The van der Waals surface area contributed by atoms with Crippen LogP contribution in [0.5, 0.6) is 0 Å². The maximum atomic E-state index is 10.8. The third-order valence-electron chi connectivity index (χ3n) is 2.39. The summed E-state index contributed by atoms with van der Waals surface area (Å²) in [6.45, 7) is 1.98. The van der Waals surface area contributed by atoms with Crippen LogP contribution in [0.3, 0.4) is 0 Å². The molecule has 1 fully saturated rings. The number of carbonyl (C=O) groups excluding carboxylic acids is 1. The van der Waals surface area contributed by atoms with E-state index in [2.05, 4.69) is 17.3 Å². The summed E-state index contributed by atoms with van der Waals surface area (Å²) in [5.41, 5.74) is 5.17. The van der Waals surface area contributed by atoms with E-state index in [9.17, 15) is 4.79 Å². The van der Waals surface area contributed by atoms with Gasteiger partial charge in [0.1, 0.15) is 0 Å². The quantitative estimate of drug-likeness (QED) is 0.582. The molecule has 1 atom stereocenters. The Morgan fingerprint density at radius 1 is 1.75 bits per heavy atom. The van der Waals surface area contributed by atoms with Gasteiger partial charge in [-0.3, -0.25) is 4.79 Å². The van der Waals surface area contributed by atoms with Gasteiger partial charge in [-0.25, -0.2) is 0 Å². The second-order valence-corrected chi connectivity index (χ2v) is 3.28. The standard InChI is InChI=1S/C8H17N3O/c1-11-4-2-3-7(11)6-10-8(12)5-9/h7H,2-6,9H2,1H3,(H,10,12). The summed E-state index contributed by atoms with van der Waals surface area (Å²) in [4.78, 5) is 13.1. The lowest BCUT2D eigenvalue weighted by molar-refractivity contribution is -0.119. The van der Waals surface area contributed by atoms with Crippen molar-refractivity contribution >= 4 is 5.91 Å². The molecule has 4 nitrogen and oxygen atoms in total. The molecule has 4 heteroatoms. The molecule has 1 unspecified atom stereocenters. The molecule has 0 aromatic rings. The zero-order chi connectivity index (χ0) is 8.97. The number of hydrogen-bond donors (Lipinski definition) is 2. The molecule has 0 bridgehead atoms. The SMILES string of the molecule is CN1CCCC1CNC(=O)CN. The van der Waals surface area contributed by atoms with Gasteiger partial charge >= 0.3 is 0 Å². The summed E-state index contributed by atoms with van der Waals surface area (Å²) < 4.78 is 0. The number of carbonyl (C=O) groups is 1. The molecule has 1 aliphatic rings. The van der Waals surface area contributed by atoms with E-state index in [0.717, 1.165) is 13.1 Å². The number of likely N-dealkylation sites (tertiary alicyclic amines) is 1. The van der Waals surface area contributed by atoms with Gasteiger partial charge in [-0.05, 0) is 26.4 Å². The van der Waals surface area contributed by atoms with E-state index in [4.69, 9.17) is 5.73 Å². The van der Waals surface area contributed by atoms with Crippen molar-refractivity contribution in [1.82, 2.24) is 10.2 Å². The minimum Gasteiger partial charge on any atom is -0.353 e. The number of rotatable bonds is 3. The van der Waals surface area contributed by atoms with Crippen molar-refractivity contribution in [3.8, 4) is 0 Å². The molecule has 1 saturated heterocycles. The first-order chi connectivity index (χ1) is 5.74. The van der Waals surface area contributed by atoms with Crippen LogP contribution < -0.4 is 11.1 Å². The summed E-state index contributed by atoms with van der Waals surface area (Å²) in [6.07, 6.45) is 2.42. The Bertz CT molecular complexity index is 160. The fourth-order valence-corrected chi connectivity index (χ4v) is 1.54. The third kappa shape index (κ3) is 2.46. The van der Waals surface area contributed by atoms with Crippen molar-refractivity contribution in [3.63, 3.8) is 0 Å². The topological polar surface area (TPSA) is 58.4 Å². The molecule has 0 aromatic carbocycles. The molecule has 0 radical (unpaired) electrons. The maximum absolute atomic E-state index is 10.8. The van der Waals surface area contributed by atoms with Crippen LogP contribution in [0.15, 0.2) is 0 Å². The van der Waals surface area contributed by atoms with E-state index >= 15 is 0 Å². The van der Waals surface area contributed by atoms with E-state index in [0.29, 0.717) is 6.04 Å². The van der Waals surface area contributed by atoms with Crippen molar-refractivity contribution < 1.29 is 4.79 Å². The van der Waals surface area contributed by atoms with Gasteiger partial charge < -0.3 is 16.0 Å². The van der Waals surface area contributed by atoms with Crippen molar-refractivity contribution in [2.24, 2.45) is 5.73 Å². The zero-order valence-electron chi connectivity index (χ0n) is 7.55. The molecule has 0 saturated carbocycles. The van der Waals surface area contributed by atoms with Crippen LogP contribution in [0.4, 0.5) is 0 Å². The molecular formula is C8H17N3O. The van der Waals surface area contributed by atoms with Gasteiger partial charge in [0.2, 0.25) is 5.91 Å². The first-order valence-electron chi connectivity index (χ1n) is 4.41. The van der Waals surface area contributed by atoms with Gasteiger partial charge in [-0.1, -0.05) is 0 Å². The Balaban J connectivity index is 2.18. The molecule has 70 valence electrons. The third-order valence-corrected chi connectivity index (χ3v) is 2.39. The first-order valence-corrected chi connectivity index (χ1v) is 4.41. The molecule has 0 aromatic heterocycles. The Kier molecular flexibility index (Phi) is 3.49. The van der Waals surface area contributed by atoms with E-state index in [1.807, 2.05) is 0 Å². The van der Waals surface area contributed by atoms with Crippen LogP contribution in [-0.4, -0.2) is 43.5 Å². The average molecular weight is 171 g/mol. The van der Waals surface area contributed by atoms with Gasteiger partial charge in [-0.2, -0.15) is 0 Å². The van der Waals surface area contributed by atoms with E-state index < -0.39 is 0 Å². The minimum absolute atomic E-state index is 0.0599. The normalized spacial score (nSPS) is 24.3. The van der Waals surface area contributed by atoms with Gasteiger partial charge in [0.15, 0.2) is 0 Å². The average Bonchev–Trinajstić information content (AvgIpc) is 2.47. The van der Waals surface area contributed by atoms with Crippen LogP contribution in [0.25, 0.3) is 0 Å². The molecule has 1 aliphatic heterocycles. The lowest BCUT2D eigenvalue weighted by Gasteiger charge is -2.19. The monoisotopic (exact) mass is 171 g/mol. The number of likely N-dealkylation sites (N-methyl/N-ethyl adjacent to an activating group) is 1. The van der Waals surface area contributed by atoms with Gasteiger partial charge in [0.25, 0.3) is 0 Å². The zero-order valence-corrected chi connectivity index (χ0v) is 7.55. The second-order valence-electron chi connectivity index (χ2n) is 3.28. The minimum atomic E-state index is -0.0599. The molecule has 0 spiro atoms. The highest BCUT2D eigenvalue weighted by molar-refractivity contribution is 5.77. The van der Waals surface area contributed by atoms with Crippen LogP contribution in [0, 0.1) is 0 Å². The van der Waals surface area contributed by atoms with Gasteiger partial charge in [0, 0.05) is 12.6 Å². The number of nitrogens with two attached hydrogens (primary N) is 1. The summed E-state index contributed by atoms with van der Waals surface area (Å²) in [6, 6.07) is 0.514. The highest BCUT2D eigenvalue weighted by Crippen LogP contribution is 2.13. The van der Waals surface area contributed by atoms with Crippen molar-refractivity contribution in [2.75, 3.05) is 26.7 Å². The van der Waals surface area contributed by atoms with E-state index in [1.165, 1.54) is 12.8 Å². The summed E-state index contributed by atoms with van der Waals surface area (Å²) in [5.74, 6) is -0.0599. The fraction of sp³-hybridized carbons (Fsp3) is 0.875. The van der Waals surface area contributed by atoms with Crippen LogP contribution in [0.2, 0.25) is 0 Å². The van der Waals surface area contributed by atoms with Crippen LogP contribution >= 0.6 is 0 Å². The van der Waals surface area contributed by atoms with Gasteiger partial charge in [0.05, 0.1) is 6.54 Å². The number of amides is 1. The van der Waals surface area contributed by atoms with Crippen LogP contribution in [0.1, 0.15) is 12.8 Å². The first kappa shape index (κ1) is 9.48. The second kappa shape index (κ2) is 4.42. The molecule has 12 heavy (non-hydrogen) atoms. The predicted octanol–water partition coefficient (Wildman–Crippen LogP) is -0.844. The smallest absolute Gasteiger partial charge is 0.233 e. The number of nitrogens with one attached hydrogen (secondary N) is 1. The lowest BCUT2D eigenvalue weighted by Crippen LogP contribution is -2.40. The molecular weight excluding hydrogens is 154 g/mol. The summed E-state index contributed by atoms with van der Waals surface area (Å²) >= 11 is 0. The highest BCUT2D eigenvalue weighted by atomic mass is 16.1. The van der Waals surface area contributed by atoms with E-state index in [1.54, 1.807) is 0 Å². The summed E-state index contributed by atoms with van der Waals surface area (Å²) in [5, 5.41) is 2.80. The molecule has 1 heterocycles. The van der Waals surface area contributed by atoms with Crippen LogP contribution in [-0.2, 0) is 4.79 Å². The maximum Gasteiger partial charge on any atom is 0.233 e. The predicted molar refractivity (Wildman–Crippen MR) is 47.7 cm³/mol. The Morgan fingerprint density at radius 2 is 2.50 bits per heavy atom. The number of nitrogens with zero attached hydrogens (tertiary/aromatic N) is 1. The molecule has 3 N–H and O–H groups in total. The molecule has 0 aliphatic carbocycles. The highest BCUT2D eigenvalue weighted by Gasteiger charge is 2.20. The van der Waals surface area contributed by atoms with Crippen molar-refractivity contribution in [3.05, 3.63) is 0 Å². The Hall–Kier alpha value is -0.610.